The van der Waals surface area contributed by atoms with Gasteiger partial charge in [-0.05, 0) is 25.0 Å². The lowest BCUT2D eigenvalue weighted by atomic mass is 10.1. The topological polar surface area (TPSA) is 82.2 Å². The summed E-state index contributed by atoms with van der Waals surface area (Å²) in [5.74, 6) is -0.151. The number of carbonyl (C=O) groups is 1. The maximum Gasteiger partial charge on any atom is 0.245 e. The summed E-state index contributed by atoms with van der Waals surface area (Å²) in [6.45, 7) is 0.736. The molecule has 1 saturated carbocycles. The van der Waals surface area contributed by atoms with Gasteiger partial charge in [0.25, 0.3) is 0 Å². The van der Waals surface area contributed by atoms with Crippen molar-refractivity contribution in [2.24, 2.45) is 5.73 Å². The molecule has 3 N–H and O–H groups in total. The molecule has 5 nitrogen and oxygen atoms in total. The van der Waals surface area contributed by atoms with Crippen LogP contribution in [-0.4, -0.2) is 18.5 Å². The van der Waals surface area contributed by atoms with Crippen molar-refractivity contribution in [3.8, 4) is 6.07 Å². The number of hydrogen-bond donors (Lipinski definition) is 2. The van der Waals surface area contributed by atoms with Gasteiger partial charge in [0.2, 0.25) is 5.91 Å². The molecule has 1 unspecified atom stereocenters. The van der Waals surface area contributed by atoms with Crippen LogP contribution in [0.3, 0.4) is 0 Å². The van der Waals surface area contributed by atoms with E-state index in [4.69, 9.17) is 11.0 Å². The number of fused-ring (bicyclic) bond motifs is 1. The minimum absolute atomic E-state index is 0.151. The molecule has 1 atom stereocenters. The number of hydrogen-bond acceptors (Lipinski definition) is 4. The van der Waals surface area contributed by atoms with Gasteiger partial charge in [-0.1, -0.05) is 6.07 Å². The Kier molecular flexibility index (Phi) is 2.88. The molecule has 1 aliphatic heterocycles. The normalized spacial score (nSPS) is 20.6. The Balaban J connectivity index is 1.87. The van der Waals surface area contributed by atoms with Crippen LogP contribution < -0.4 is 16.0 Å². The monoisotopic (exact) mass is 256 g/mol. The average Bonchev–Trinajstić information content (AvgIpc) is 3.19. The first kappa shape index (κ1) is 12.0. The first-order valence-electron chi connectivity index (χ1n) is 6.54. The second kappa shape index (κ2) is 4.56. The van der Waals surface area contributed by atoms with Gasteiger partial charge in [-0.3, -0.25) is 4.79 Å². The van der Waals surface area contributed by atoms with Crippen molar-refractivity contribution in [1.82, 2.24) is 0 Å². The largest absolute Gasteiger partial charge is 0.367 e. The third-order valence-electron chi connectivity index (χ3n) is 3.70. The second-order valence-corrected chi connectivity index (χ2v) is 5.07. The molecule has 0 aromatic heterocycles. The zero-order valence-electron chi connectivity index (χ0n) is 10.6. The molecule has 1 amide bonds. The average molecular weight is 256 g/mol. The lowest BCUT2D eigenvalue weighted by molar-refractivity contribution is -0.116. The van der Waals surface area contributed by atoms with Crippen LogP contribution in [-0.2, 0) is 4.79 Å². The van der Waals surface area contributed by atoms with Crippen LogP contribution in [0.1, 0.15) is 30.9 Å². The van der Waals surface area contributed by atoms with Crippen LogP contribution in [0.25, 0.3) is 0 Å². The standard InChI is InChI=1S/C14H16N4O/c15-6-1-7-18(9-2-3-9)10-4-5-11-12(8-10)17-14(19)13(11)16/h4-5,8-9,13H,1-3,7,16H2,(H,17,19). The van der Waals surface area contributed by atoms with E-state index in [-0.39, 0.29) is 5.91 Å². The molecule has 0 bridgehead atoms. The maximum absolute atomic E-state index is 11.5. The second-order valence-electron chi connectivity index (χ2n) is 5.07. The van der Waals surface area contributed by atoms with Crippen LogP contribution >= 0.6 is 0 Å². The van der Waals surface area contributed by atoms with E-state index in [9.17, 15) is 4.79 Å². The van der Waals surface area contributed by atoms with Crippen LogP contribution in [0.2, 0.25) is 0 Å². The van der Waals surface area contributed by atoms with Crippen molar-refractivity contribution in [2.75, 3.05) is 16.8 Å². The summed E-state index contributed by atoms with van der Waals surface area (Å²) in [4.78, 5) is 13.8. The highest BCUT2D eigenvalue weighted by Gasteiger charge is 2.31. The number of nitriles is 1. The molecule has 98 valence electrons. The number of nitrogens with zero attached hydrogens (tertiary/aromatic N) is 2. The number of nitrogens with two attached hydrogens (primary N) is 1. The Morgan fingerprint density at radius 1 is 1.47 bits per heavy atom. The fourth-order valence-corrected chi connectivity index (χ4v) is 2.53. The van der Waals surface area contributed by atoms with Crippen LogP contribution in [0.4, 0.5) is 11.4 Å². The third-order valence-corrected chi connectivity index (χ3v) is 3.70. The number of anilines is 2. The molecule has 1 heterocycles. The molecule has 1 aliphatic carbocycles. The van der Waals surface area contributed by atoms with Gasteiger partial charge in [-0.15, -0.1) is 0 Å². The van der Waals surface area contributed by atoms with E-state index < -0.39 is 6.04 Å². The molecule has 1 fully saturated rings. The predicted octanol–water partition coefficient (Wildman–Crippen LogP) is 1.52. The molecular formula is C14H16N4O. The SMILES string of the molecule is N#CCCN(c1ccc2c(c1)NC(=O)C2N)C1CC1. The minimum atomic E-state index is -0.558. The van der Waals surface area contributed by atoms with E-state index in [2.05, 4.69) is 16.3 Å². The molecule has 1 aromatic rings. The number of rotatable bonds is 4. The molecule has 0 radical (unpaired) electrons. The van der Waals surface area contributed by atoms with E-state index in [1.54, 1.807) is 0 Å². The van der Waals surface area contributed by atoms with Crippen molar-refractivity contribution < 1.29 is 4.79 Å². The molecular weight excluding hydrogens is 240 g/mol. The van der Waals surface area contributed by atoms with Gasteiger partial charge >= 0.3 is 0 Å². The van der Waals surface area contributed by atoms with E-state index >= 15 is 0 Å². The first-order valence-corrected chi connectivity index (χ1v) is 6.54. The summed E-state index contributed by atoms with van der Waals surface area (Å²) in [5, 5.41) is 11.5. The van der Waals surface area contributed by atoms with Crippen molar-refractivity contribution in [3.05, 3.63) is 23.8 Å². The number of benzene rings is 1. The highest BCUT2D eigenvalue weighted by atomic mass is 16.2. The predicted molar refractivity (Wildman–Crippen MR) is 72.6 cm³/mol. The Morgan fingerprint density at radius 2 is 2.26 bits per heavy atom. The molecule has 2 aliphatic rings. The van der Waals surface area contributed by atoms with E-state index in [0.717, 1.165) is 23.5 Å². The number of amides is 1. The Hall–Kier alpha value is -2.06. The summed E-state index contributed by atoms with van der Waals surface area (Å²) >= 11 is 0. The van der Waals surface area contributed by atoms with Crippen LogP contribution in [0.5, 0.6) is 0 Å². The van der Waals surface area contributed by atoms with Crippen LogP contribution in [0.15, 0.2) is 18.2 Å². The molecule has 5 heteroatoms. The molecule has 0 saturated heterocycles. The lowest BCUT2D eigenvalue weighted by Crippen LogP contribution is -2.26. The van der Waals surface area contributed by atoms with E-state index in [1.165, 1.54) is 12.8 Å². The summed E-state index contributed by atoms with van der Waals surface area (Å²) in [6.07, 6.45) is 2.86. The van der Waals surface area contributed by atoms with Crippen molar-refractivity contribution in [2.45, 2.75) is 31.3 Å². The van der Waals surface area contributed by atoms with Crippen LogP contribution in [0, 0.1) is 11.3 Å². The highest BCUT2D eigenvalue weighted by Crippen LogP contribution is 2.37. The van der Waals surface area contributed by atoms with Gasteiger partial charge in [0.1, 0.15) is 6.04 Å². The zero-order valence-corrected chi connectivity index (χ0v) is 10.6. The van der Waals surface area contributed by atoms with Gasteiger partial charge in [0.05, 0.1) is 12.5 Å². The zero-order chi connectivity index (χ0) is 13.4. The molecule has 3 rings (SSSR count). The molecule has 1 aromatic carbocycles. The quantitative estimate of drug-likeness (QED) is 0.855. The first-order chi connectivity index (χ1) is 9.20. The van der Waals surface area contributed by atoms with Crippen molar-refractivity contribution >= 4 is 17.3 Å². The fraction of sp³-hybridized carbons (Fsp3) is 0.429. The Labute approximate surface area is 112 Å². The number of carbonyl (C=O) groups excluding carboxylic acids is 1. The summed E-state index contributed by atoms with van der Waals surface area (Å²) in [6, 6.07) is 8.04. The van der Waals surface area contributed by atoms with Crippen molar-refractivity contribution in [1.29, 1.82) is 5.26 Å². The Bertz CT molecular complexity index is 559. The number of nitrogens with one attached hydrogen (secondary N) is 1. The highest BCUT2D eigenvalue weighted by molar-refractivity contribution is 6.03. The maximum atomic E-state index is 11.5. The summed E-state index contributed by atoms with van der Waals surface area (Å²) in [5.41, 5.74) is 8.52. The summed E-state index contributed by atoms with van der Waals surface area (Å²) in [7, 11) is 0. The van der Waals surface area contributed by atoms with Gasteiger partial charge in [0.15, 0.2) is 0 Å². The van der Waals surface area contributed by atoms with E-state index in [1.807, 2.05) is 18.2 Å². The van der Waals surface area contributed by atoms with E-state index in [0.29, 0.717) is 12.5 Å². The molecule has 0 spiro atoms. The van der Waals surface area contributed by atoms with Crippen molar-refractivity contribution in [3.63, 3.8) is 0 Å². The van der Waals surface area contributed by atoms with Gasteiger partial charge in [-0.2, -0.15) is 5.26 Å². The minimum Gasteiger partial charge on any atom is -0.367 e. The third kappa shape index (κ3) is 2.15. The van der Waals surface area contributed by atoms with Gasteiger partial charge in [0, 0.05) is 29.5 Å². The van der Waals surface area contributed by atoms with Gasteiger partial charge in [-0.25, -0.2) is 0 Å². The lowest BCUT2D eigenvalue weighted by Gasteiger charge is -2.24. The fourth-order valence-electron chi connectivity index (χ4n) is 2.53. The molecule has 19 heavy (non-hydrogen) atoms. The smallest absolute Gasteiger partial charge is 0.245 e. The summed E-state index contributed by atoms with van der Waals surface area (Å²) < 4.78 is 0. The van der Waals surface area contributed by atoms with Gasteiger partial charge < -0.3 is 16.0 Å². The Morgan fingerprint density at radius 3 is 2.95 bits per heavy atom.